The molecule has 0 saturated carbocycles. The highest BCUT2D eigenvalue weighted by atomic mass is 16.3. The van der Waals surface area contributed by atoms with Gasteiger partial charge in [-0.05, 0) is 11.8 Å². The van der Waals surface area contributed by atoms with E-state index in [4.69, 9.17) is 13.3 Å². The molecule has 7 heavy (non-hydrogen) atoms. The van der Waals surface area contributed by atoms with Crippen LogP contribution in [-0.2, 0) is 0 Å². The molecule has 0 aliphatic carbocycles. The molecule has 0 heterocycles. The van der Waals surface area contributed by atoms with E-state index >= 15 is 0 Å². The largest absolute Gasteiger partial charge is 0.396 e. The molecule has 0 aromatic heterocycles. The van der Waals surface area contributed by atoms with Crippen LogP contribution in [0.2, 0.25) is 0 Å². The van der Waals surface area contributed by atoms with E-state index < -0.39 is 25.7 Å². The molecule has 0 aliphatic heterocycles. The molecule has 0 unspecified atom stereocenters. The molecule has 0 amide bonds. The molecule has 0 aromatic carbocycles. The second kappa shape index (κ2) is 2.31. The summed E-state index contributed by atoms with van der Waals surface area (Å²) in [5.41, 5.74) is -1.99. The number of rotatable bonds is 2. The van der Waals surface area contributed by atoms with Crippen LogP contribution in [0.15, 0.2) is 0 Å². The van der Waals surface area contributed by atoms with Gasteiger partial charge in [-0.3, -0.25) is 0 Å². The molecule has 0 fully saturated rings. The molecule has 1 N–H and O–H groups in total. The number of hydrogen-bond donors (Lipinski definition) is 1. The molecule has 1 heteroatoms. The van der Waals surface area contributed by atoms with Gasteiger partial charge in [0.05, 0.1) is 0 Å². The highest BCUT2D eigenvalue weighted by molar-refractivity contribution is 4.62. The van der Waals surface area contributed by atoms with Crippen molar-refractivity contribution in [2.45, 2.75) is 27.0 Å². The van der Waals surface area contributed by atoms with E-state index in [1.165, 1.54) is 6.92 Å². The number of aliphatic hydroxyl groups excluding tert-OH is 1. The van der Waals surface area contributed by atoms with Gasteiger partial charge in [0.25, 0.3) is 0 Å². The van der Waals surface area contributed by atoms with Crippen LogP contribution in [0.3, 0.4) is 0 Å². The fraction of sp³-hybridized carbons (Fsp3) is 1.00. The van der Waals surface area contributed by atoms with Crippen LogP contribution in [0.1, 0.15) is 35.3 Å². The second-order valence-corrected chi connectivity index (χ2v) is 1.59. The van der Waals surface area contributed by atoms with E-state index in [0.29, 0.717) is 0 Å². The predicted octanol–water partition coefficient (Wildman–Crippen LogP) is 1.41. The summed E-state index contributed by atoms with van der Waals surface area (Å²) >= 11 is 0. The molecule has 0 atom stereocenters. The van der Waals surface area contributed by atoms with Crippen LogP contribution >= 0.6 is 0 Å². The minimum Gasteiger partial charge on any atom is -0.396 e. The first-order chi connectivity index (χ1) is 5.62. The Balaban J connectivity index is 5.17. The maximum absolute atomic E-state index is 8.93. The summed E-state index contributed by atoms with van der Waals surface area (Å²) in [7, 11) is 0. The fourth-order valence-electron chi connectivity index (χ4n) is 0.112. The lowest BCUT2D eigenvalue weighted by Gasteiger charge is -2.17. The first kappa shape index (κ1) is 1.73. The van der Waals surface area contributed by atoms with Crippen LogP contribution in [0, 0.1) is 5.41 Å². The Morgan fingerprint density at radius 1 is 1.71 bits per heavy atom. The SMILES string of the molecule is [2H]C([2H])([2H])C(CC)(CO)C([2H])([2H])[2H]. The van der Waals surface area contributed by atoms with Crippen molar-refractivity contribution in [1.82, 2.24) is 0 Å². The van der Waals surface area contributed by atoms with Crippen molar-refractivity contribution in [1.29, 1.82) is 0 Å². The highest BCUT2D eigenvalue weighted by Crippen LogP contribution is 2.16. The van der Waals surface area contributed by atoms with E-state index in [-0.39, 0.29) is 6.42 Å². The van der Waals surface area contributed by atoms with Gasteiger partial charge in [-0.1, -0.05) is 20.6 Å². The van der Waals surface area contributed by atoms with E-state index in [1.54, 1.807) is 0 Å². The molecular weight excluding hydrogens is 88.1 g/mol. The van der Waals surface area contributed by atoms with E-state index in [9.17, 15) is 0 Å². The monoisotopic (exact) mass is 108 g/mol. The third-order valence-corrected chi connectivity index (χ3v) is 0.873. The molecule has 0 spiro atoms. The van der Waals surface area contributed by atoms with Crippen molar-refractivity contribution in [3.05, 3.63) is 0 Å². The summed E-state index contributed by atoms with van der Waals surface area (Å²) in [6.07, 6.45) is -0.101. The van der Waals surface area contributed by atoms with Gasteiger partial charge in [0.2, 0.25) is 0 Å². The van der Waals surface area contributed by atoms with Gasteiger partial charge in [0.1, 0.15) is 0 Å². The Bertz CT molecular complexity index is 149. The second-order valence-electron chi connectivity index (χ2n) is 1.59. The molecule has 0 saturated heterocycles. The van der Waals surface area contributed by atoms with Gasteiger partial charge >= 0.3 is 0 Å². The molecule has 0 radical (unpaired) electrons. The molecule has 1 nitrogen and oxygen atoms in total. The highest BCUT2D eigenvalue weighted by Gasteiger charge is 2.11. The lowest BCUT2D eigenvalue weighted by molar-refractivity contribution is 0.155. The Morgan fingerprint density at radius 2 is 2.29 bits per heavy atom. The van der Waals surface area contributed by atoms with Crippen LogP contribution in [0.5, 0.6) is 0 Å². The van der Waals surface area contributed by atoms with Crippen molar-refractivity contribution in [3.63, 3.8) is 0 Å². The Labute approximate surface area is 53.8 Å². The van der Waals surface area contributed by atoms with Gasteiger partial charge in [0.15, 0.2) is 0 Å². The van der Waals surface area contributed by atoms with Gasteiger partial charge in [0, 0.05) is 14.8 Å². The molecule has 0 aliphatic rings. The van der Waals surface area contributed by atoms with Crippen LogP contribution in [0.4, 0.5) is 0 Å². The van der Waals surface area contributed by atoms with Crippen molar-refractivity contribution in [2.24, 2.45) is 5.41 Å². The topological polar surface area (TPSA) is 20.2 Å². The fourth-order valence-corrected chi connectivity index (χ4v) is 0.112. The van der Waals surface area contributed by atoms with Crippen molar-refractivity contribution >= 4 is 0 Å². The lowest BCUT2D eigenvalue weighted by atomic mass is 9.92. The van der Waals surface area contributed by atoms with E-state index in [2.05, 4.69) is 0 Å². The van der Waals surface area contributed by atoms with Gasteiger partial charge in [-0.15, -0.1) is 0 Å². The quantitative estimate of drug-likeness (QED) is 0.567. The molecular formula is C6H14O. The third kappa shape index (κ3) is 2.63. The maximum atomic E-state index is 8.93. The minimum atomic E-state index is -2.66. The van der Waals surface area contributed by atoms with Gasteiger partial charge in [-0.2, -0.15) is 0 Å². The summed E-state index contributed by atoms with van der Waals surface area (Å²) < 4.78 is 42.6. The zero-order valence-corrected chi connectivity index (χ0v) is 4.36. The van der Waals surface area contributed by atoms with Crippen LogP contribution in [-0.4, -0.2) is 11.7 Å². The average molecular weight is 108 g/mol. The summed E-state index contributed by atoms with van der Waals surface area (Å²) in [6.45, 7) is -4.73. The number of hydrogen-bond acceptors (Lipinski definition) is 1. The van der Waals surface area contributed by atoms with Crippen molar-refractivity contribution in [3.8, 4) is 0 Å². The zero-order chi connectivity index (χ0) is 10.9. The third-order valence-electron chi connectivity index (χ3n) is 0.873. The van der Waals surface area contributed by atoms with Crippen LogP contribution in [0.25, 0.3) is 0 Å². The first-order valence-corrected chi connectivity index (χ1v) is 2.23. The minimum absolute atomic E-state index is 0.101. The van der Waals surface area contributed by atoms with Crippen molar-refractivity contribution < 1.29 is 13.3 Å². The smallest absolute Gasteiger partial charge is 0.0482 e. The lowest BCUT2D eigenvalue weighted by Crippen LogP contribution is -2.14. The zero-order valence-electron chi connectivity index (χ0n) is 10.4. The van der Waals surface area contributed by atoms with Crippen LogP contribution < -0.4 is 0 Å². The average Bonchev–Trinajstić information content (AvgIpc) is 1.84. The molecule has 0 aromatic rings. The molecule has 0 rings (SSSR count). The van der Waals surface area contributed by atoms with Gasteiger partial charge < -0.3 is 5.11 Å². The Morgan fingerprint density at radius 3 is 2.29 bits per heavy atom. The summed E-state index contributed by atoms with van der Waals surface area (Å²) in [5, 5.41) is 8.93. The summed E-state index contributed by atoms with van der Waals surface area (Å²) in [5.74, 6) is 0. The standard InChI is InChI=1S/C6H14O/c1-4-6(2,3)5-7/h7H,4-5H2,1-3H3/i2D3,3D3. The first-order valence-electron chi connectivity index (χ1n) is 5.23. The predicted molar refractivity (Wildman–Crippen MR) is 31.2 cm³/mol. The number of aliphatic hydroxyl groups is 1. The van der Waals surface area contributed by atoms with Crippen molar-refractivity contribution in [2.75, 3.05) is 6.61 Å². The van der Waals surface area contributed by atoms with Gasteiger partial charge in [-0.25, -0.2) is 0 Å². The summed E-state index contributed by atoms with van der Waals surface area (Å²) in [4.78, 5) is 0. The normalized spacial score (nSPS) is 28.3. The Hall–Kier alpha value is -0.0400. The van der Waals surface area contributed by atoms with E-state index in [0.717, 1.165) is 0 Å². The molecule has 0 bridgehead atoms. The molecule has 44 valence electrons. The summed E-state index contributed by atoms with van der Waals surface area (Å²) in [6, 6.07) is 0. The Kier molecular flexibility index (Phi) is 0.571. The maximum Gasteiger partial charge on any atom is 0.0482 e. The van der Waals surface area contributed by atoms with E-state index in [1.807, 2.05) is 0 Å².